The van der Waals surface area contributed by atoms with E-state index >= 15 is 0 Å². The highest BCUT2D eigenvalue weighted by molar-refractivity contribution is 7.89. The van der Waals surface area contributed by atoms with E-state index in [1.165, 1.54) is 0 Å². The summed E-state index contributed by atoms with van der Waals surface area (Å²) in [5.41, 5.74) is 1.86. The summed E-state index contributed by atoms with van der Waals surface area (Å²) in [6, 6.07) is 15.4. The van der Waals surface area contributed by atoms with Gasteiger partial charge in [-0.2, -0.15) is 4.72 Å². The van der Waals surface area contributed by atoms with Gasteiger partial charge >= 0.3 is 0 Å². The number of nitrogens with zero attached hydrogens (tertiary/aromatic N) is 1. The summed E-state index contributed by atoms with van der Waals surface area (Å²) in [5.74, 6) is 0.120. The summed E-state index contributed by atoms with van der Waals surface area (Å²) < 4.78 is 27.7. The average molecular weight is 358 g/mol. The van der Waals surface area contributed by atoms with E-state index in [4.69, 9.17) is 0 Å². The molecule has 0 radical (unpaired) electrons. The lowest BCUT2D eigenvalue weighted by atomic mass is 10.0. The Morgan fingerprint density at radius 3 is 2.28 bits per heavy atom. The Labute approximate surface area is 148 Å². The predicted octanol–water partition coefficient (Wildman–Crippen LogP) is 2.89. The fourth-order valence-electron chi connectivity index (χ4n) is 2.94. The fourth-order valence-corrected chi connectivity index (χ4v) is 4.16. The van der Waals surface area contributed by atoms with Gasteiger partial charge in [-0.15, -0.1) is 0 Å². The van der Waals surface area contributed by atoms with E-state index < -0.39 is 16.1 Å². The Balaban J connectivity index is 1.74. The van der Waals surface area contributed by atoms with E-state index in [-0.39, 0.29) is 10.8 Å². The molecule has 1 N–H and O–H groups in total. The molecule has 132 valence electrons. The quantitative estimate of drug-likeness (QED) is 0.894. The molecule has 0 bridgehead atoms. The van der Waals surface area contributed by atoms with Gasteiger partial charge in [0.05, 0.1) is 4.90 Å². The summed E-state index contributed by atoms with van der Waals surface area (Å²) in [6.45, 7) is 4.61. The van der Waals surface area contributed by atoms with Gasteiger partial charge in [-0.25, -0.2) is 8.42 Å². The summed E-state index contributed by atoms with van der Waals surface area (Å²) in [6.07, 6.45) is 0.455. The van der Waals surface area contributed by atoms with Crippen LogP contribution in [0.1, 0.15) is 31.7 Å². The van der Waals surface area contributed by atoms with E-state index in [0.29, 0.717) is 18.9 Å². The Bertz CT molecular complexity index is 846. The van der Waals surface area contributed by atoms with Gasteiger partial charge in [-0.05, 0) is 42.2 Å². The predicted molar refractivity (Wildman–Crippen MR) is 98.1 cm³/mol. The number of anilines is 1. The molecule has 0 aliphatic carbocycles. The fraction of sp³-hybridized carbons (Fsp3) is 0.316. The largest absolute Gasteiger partial charge is 0.311 e. The van der Waals surface area contributed by atoms with Crippen molar-refractivity contribution >= 4 is 21.6 Å². The van der Waals surface area contributed by atoms with Crippen molar-refractivity contribution in [3.05, 3.63) is 60.2 Å². The Morgan fingerprint density at radius 1 is 1.04 bits per heavy atom. The molecule has 1 amide bonds. The van der Waals surface area contributed by atoms with E-state index in [2.05, 4.69) is 18.6 Å². The van der Waals surface area contributed by atoms with Crippen LogP contribution in [0.4, 0.5) is 5.69 Å². The van der Waals surface area contributed by atoms with Crippen molar-refractivity contribution < 1.29 is 13.2 Å². The second-order valence-electron chi connectivity index (χ2n) is 6.51. The summed E-state index contributed by atoms with van der Waals surface area (Å²) >= 11 is 0. The van der Waals surface area contributed by atoms with Gasteiger partial charge in [0, 0.05) is 12.2 Å². The van der Waals surface area contributed by atoms with E-state index in [9.17, 15) is 13.2 Å². The lowest BCUT2D eigenvalue weighted by Crippen LogP contribution is -2.41. The summed E-state index contributed by atoms with van der Waals surface area (Å²) in [5, 5.41) is 0. The Kier molecular flexibility index (Phi) is 4.92. The van der Waals surface area contributed by atoms with Crippen LogP contribution in [0.5, 0.6) is 0 Å². The van der Waals surface area contributed by atoms with Crippen molar-refractivity contribution in [2.75, 3.05) is 11.4 Å². The van der Waals surface area contributed by atoms with Crippen LogP contribution in [0.15, 0.2) is 59.5 Å². The summed E-state index contributed by atoms with van der Waals surface area (Å²) in [7, 11) is -3.72. The van der Waals surface area contributed by atoms with Gasteiger partial charge < -0.3 is 4.90 Å². The van der Waals surface area contributed by atoms with E-state index in [0.717, 1.165) is 11.3 Å². The zero-order valence-electron chi connectivity index (χ0n) is 14.3. The number of hydrogen-bond donors (Lipinski definition) is 1. The first-order valence-corrected chi connectivity index (χ1v) is 9.85. The number of carbonyl (C=O) groups is 1. The first-order chi connectivity index (χ1) is 11.9. The molecule has 0 aromatic heterocycles. The van der Waals surface area contributed by atoms with Gasteiger partial charge in [0.2, 0.25) is 15.9 Å². The maximum atomic E-state index is 12.6. The van der Waals surface area contributed by atoms with Crippen molar-refractivity contribution in [2.45, 2.75) is 37.1 Å². The number of sulfonamides is 1. The molecule has 5 nitrogen and oxygen atoms in total. The van der Waals surface area contributed by atoms with Crippen LogP contribution >= 0.6 is 0 Å². The van der Waals surface area contributed by atoms with Crippen LogP contribution in [0.2, 0.25) is 0 Å². The van der Waals surface area contributed by atoms with Crippen molar-refractivity contribution in [2.24, 2.45) is 0 Å². The number of hydrogen-bond acceptors (Lipinski definition) is 3. The van der Waals surface area contributed by atoms with Crippen molar-refractivity contribution in [3.8, 4) is 0 Å². The molecule has 1 fully saturated rings. The smallest absolute Gasteiger partial charge is 0.245 e. The third-order valence-electron chi connectivity index (χ3n) is 4.43. The molecule has 1 saturated heterocycles. The molecule has 2 aromatic rings. The molecule has 1 atom stereocenters. The molecule has 6 heteroatoms. The van der Waals surface area contributed by atoms with Gasteiger partial charge in [0.15, 0.2) is 0 Å². The van der Waals surface area contributed by atoms with Gasteiger partial charge in [0.25, 0.3) is 0 Å². The van der Waals surface area contributed by atoms with Crippen molar-refractivity contribution in [1.29, 1.82) is 0 Å². The highest BCUT2D eigenvalue weighted by Gasteiger charge is 2.35. The molecular formula is C19H22N2O3S. The monoisotopic (exact) mass is 358 g/mol. The van der Waals surface area contributed by atoms with Gasteiger partial charge in [-0.3, -0.25) is 4.79 Å². The number of benzene rings is 2. The topological polar surface area (TPSA) is 66.5 Å². The minimum absolute atomic E-state index is 0.183. The lowest BCUT2D eigenvalue weighted by molar-refractivity contribution is -0.118. The second-order valence-corrected chi connectivity index (χ2v) is 8.23. The molecule has 25 heavy (non-hydrogen) atoms. The first-order valence-electron chi connectivity index (χ1n) is 8.37. The molecule has 0 saturated carbocycles. The first kappa shape index (κ1) is 17.6. The maximum Gasteiger partial charge on any atom is 0.245 e. The molecule has 2 aromatic carbocycles. The van der Waals surface area contributed by atoms with Crippen LogP contribution in [0.3, 0.4) is 0 Å². The standard InChI is InChI=1S/C19H22N2O3S/c1-14(2)15-8-10-17(11-9-15)25(23,24)20-18-12-13-21(19(18)22)16-6-4-3-5-7-16/h3-11,14,18,20H,12-13H2,1-2H3/t18-/m0/s1. The average Bonchev–Trinajstić information content (AvgIpc) is 2.96. The van der Waals surface area contributed by atoms with Gasteiger partial charge in [-0.1, -0.05) is 44.2 Å². The van der Waals surface area contributed by atoms with E-state index in [1.54, 1.807) is 17.0 Å². The number of carbonyl (C=O) groups excluding carboxylic acids is 1. The third kappa shape index (κ3) is 3.75. The van der Waals surface area contributed by atoms with Crippen LogP contribution in [-0.2, 0) is 14.8 Å². The molecule has 1 aliphatic rings. The number of amides is 1. The van der Waals surface area contributed by atoms with Crippen molar-refractivity contribution in [3.63, 3.8) is 0 Å². The van der Waals surface area contributed by atoms with E-state index in [1.807, 2.05) is 42.5 Å². The minimum Gasteiger partial charge on any atom is -0.311 e. The van der Waals surface area contributed by atoms with Crippen LogP contribution in [0.25, 0.3) is 0 Å². The normalized spacial score (nSPS) is 18.1. The molecule has 1 aliphatic heterocycles. The highest BCUT2D eigenvalue weighted by atomic mass is 32.2. The lowest BCUT2D eigenvalue weighted by Gasteiger charge is -2.17. The highest BCUT2D eigenvalue weighted by Crippen LogP contribution is 2.23. The molecule has 1 heterocycles. The molecule has 0 unspecified atom stereocenters. The maximum absolute atomic E-state index is 12.6. The SMILES string of the molecule is CC(C)c1ccc(S(=O)(=O)N[C@H]2CCN(c3ccccc3)C2=O)cc1. The number of rotatable bonds is 5. The Hall–Kier alpha value is -2.18. The van der Waals surface area contributed by atoms with Crippen molar-refractivity contribution in [1.82, 2.24) is 4.72 Å². The molecular weight excluding hydrogens is 336 g/mol. The summed E-state index contributed by atoms with van der Waals surface area (Å²) in [4.78, 5) is 14.4. The second kappa shape index (κ2) is 6.98. The van der Waals surface area contributed by atoms with Crippen LogP contribution in [-0.4, -0.2) is 26.9 Å². The zero-order valence-corrected chi connectivity index (χ0v) is 15.2. The molecule has 0 spiro atoms. The number of para-hydroxylation sites is 1. The third-order valence-corrected chi connectivity index (χ3v) is 5.92. The molecule has 3 rings (SSSR count). The van der Waals surface area contributed by atoms with Crippen LogP contribution < -0.4 is 9.62 Å². The zero-order chi connectivity index (χ0) is 18.0. The van der Waals surface area contributed by atoms with Gasteiger partial charge in [0.1, 0.15) is 6.04 Å². The number of nitrogens with one attached hydrogen (secondary N) is 1. The van der Waals surface area contributed by atoms with Crippen LogP contribution in [0, 0.1) is 0 Å². The Morgan fingerprint density at radius 2 is 1.68 bits per heavy atom. The minimum atomic E-state index is -3.72.